The summed E-state index contributed by atoms with van der Waals surface area (Å²) in [6.45, 7) is 0.282. The van der Waals surface area contributed by atoms with Crippen molar-refractivity contribution in [3.63, 3.8) is 0 Å². The zero-order valence-corrected chi connectivity index (χ0v) is 10.5. The fraction of sp³-hybridized carbons (Fsp3) is 0.167. The van der Waals surface area contributed by atoms with Crippen molar-refractivity contribution in [2.45, 2.75) is 11.3 Å². The molecule has 6 heteroatoms. The Balaban J connectivity index is 1.99. The lowest BCUT2D eigenvalue weighted by atomic mass is 10.3. The number of nitrogen functional groups attached to an aromatic ring is 1. The van der Waals surface area contributed by atoms with Crippen LogP contribution >= 0.6 is 0 Å². The molecule has 0 unspecified atom stereocenters. The number of nitrogens with two attached hydrogens (primary N) is 1. The molecule has 2 aromatic rings. The second-order valence-corrected chi connectivity index (χ2v) is 5.57. The number of rotatable bonds is 5. The van der Waals surface area contributed by atoms with Gasteiger partial charge in [-0.25, -0.2) is 13.1 Å². The molecular weight excluding hydrogens is 252 g/mol. The molecule has 0 amide bonds. The molecule has 5 nitrogen and oxygen atoms in total. The Bertz CT molecular complexity index is 606. The van der Waals surface area contributed by atoms with E-state index in [1.54, 1.807) is 30.5 Å². The van der Waals surface area contributed by atoms with E-state index in [4.69, 9.17) is 10.2 Å². The van der Waals surface area contributed by atoms with Crippen molar-refractivity contribution in [1.29, 1.82) is 0 Å². The summed E-state index contributed by atoms with van der Waals surface area (Å²) in [7, 11) is -3.51. The number of sulfonamides is 1. The van der Waals surface area contributed by atoms with Crippen molar-refractivity contribution in [3.8, 4) is 0 Å². The van der Waals surface area contributed by atoms with Crippen LogP contribution in [0.15, 0.2) is 52.0 Å². The quantitative estimate of drug-likeness (QED) is 0.801. The number of hydrogen-bond acceptors (Lipinski definition) is 4. The molecule has 0 saturated carbocycles. The Hall–Kier alpha value is -1.79. The van der Waals surface area contributed by atoms with Crippen molar-refractivity contribution in [1.82, 2.24) is 4.72 Å². The molecule has 0 spiro atoms. The topological polar surface area (TPSA) is 85.3 Å². The molecule has 1 aromatic carbocycles. The van der Waals surface area contributed by atoms with E-state index in [2.05, 4.69) is 4.72 Å². The van der Waals surface area contributed by atoms with Crippen molar-refractivity contribution in [2.24, 2.45) is 0 Å². The Morgan fingerprint density at radius 1 is 1.22 bits per heavy atom. The molecule has 0 bridgehead atoms. The molecule has 3 N–H and O–H groups in total. The van der Waals surface area contributed by atoms with E-state index in [9.17, 15) is 8.42 Å². The van der Waals surface area contributed by atoms with E-state index >= 15 is 0 Å². The summed E-state index contributed by atoms with van der Waals surface area (Å²) in [5.41, 5.74) is 5.97. The maximum absolute atomic E-state index is 11.9. The minimum Gasteiger partial charge on any atom is -0.469 e. The monoisotopic (exact) mass is 266 g/mol. The van der Waals surface area contributed by atoms with Crippen molar-refractivity contribution in [3.05, 3.63) is 48.4 Å². The van der Waals surface area contributed by atoms with Crippen molar-refractivity contribution < 1.29 is 12.8 Å². The lowest BCUT2D eigenvalue weighted by Gasteiger charge is -2.06. The third-order valence-electron chi connectivity index (χ3n) is 2.41. The first-order valence-electron chi connectivity index (χ1n) is 5.45. The standard InChI is InChI=1S/C12H14N2O3S/c13-10-3-1-5-12(9-10)18(15,16)14-7-6-11-4-2-8-17-11/h1-5,8-9,14H,6-7,13H2. The average molecular weight is 266 g/mol. The first-order valence-corrected chi connectivity index (χ1v) is 6.94. The van der Waals surface area contributed by atoms with Gasteiger partial charge < -0.3 is 10.2 Å². The molecule has 0 aliphatic carbocycles. The number of anilines is 1. The van der Waals surface area contributed by atoms with E-state index in [0.717, 1.165) is 5.76 Å². The molecular formula is C12H14N2O3S. The van der Waals surface area contributed by atoms with Gasteiger partial charge in [0, 0.05) is 18.7 Å². The third-order valence-corrected chi connectivity index (χ3v) is 3.87. The van der Waals surface area contributed by atoms with Crippen LogP contribution in [-0.2, 0) is 16.4 Å². The highest BCUT2D eigenvalue weighted by Crippen LogP contribution is 2.12. The second kappa shape index (κ2) is 5.24. The molecule has 0 radical (unpaired) electrons. The summed E-state index contributed by atoms with van der Waals surface area (Å²) >= 11 is 0. The second-order valence-electron chi connectivity index (χ2n) is 3.80. The van der Waals surface area contributed by atoms with Gasteiger partial charge in [-0.15, -0.1) is 0 Å². The van der Waals surface area contributed by atoms with Gasteiger partial charge in [-0.05, 0) is 30.3 Å². The molecule has 18 heavy (non-hydrogen) atoms. The summed E-state index contributed by atoms with van der Waals surface area (Å²) in [5.74, 6) is 0.741. The van der Waals surface area contributed by atoms with Gasteiger partial charge in [0.15, 0.2) is 0 Å². The minimum atomic E-state index is -3.51. The summed E-state index contributed by atoms with van der Waals surface area (Å²) < 4.78 is 31.4. The molecule has 0 aliphatic heterocycles. The summed E-state index contributed by atoms with van der Waals surface area (Å²) in [6, 6.07) is 9.75. The number of benzene rings is 1. The van der Waals surface area contributed by atoms with Gasteiger partial charge in [-0.2, -0.15) is 0 Å². The van der Waals surface area contributed by atoms with Gasteiger partial charge in [-0.3, -0.25) is 0 Å². The van der Waals surface area contributed by atoms with Gasteiger partial charge >= 0.3 is 0 Å². The summed E-state index contributed by atoms with van der Waals surface area (Å²) in [5, 5.41) is 0. The molecule has 0 aliphatic rings. The average Bonchev–Trinajstić information content (AvgIpc) is 2.82. The van der Waals surface area contributed by atoms with Crippen LogP contribution in [0.2, 0.25) is 0 Å². The highest BCUT2D eigenvalue weighted by atomic mass is 32.2. The third kappa shape index (κ3) is 3.12. The van der Waals surface area contributed by atoms with Crippen LogP contribution < -0.4 is 10.5 Å². The van der Waals surface area contributed by atoms with Crippen LogP contribution in [0.25, 0.3) is 0 Å². The Labute approximate surface area is 106 Å². The molecule has 2 rings (SSSR count). The molecule has 1 aromatic heterocycles. The molecule has 96 valence electrons. The van der Waals surface area contributed by atoms with E-state index in [1.807, 2.05) is 0 Å². The molecule has 0 fully saturated rings. The lowest BCUT2D eigenvalue weighted by Crippen LogP contribution is -2.25. The van der Waals surface area contributed by atoms with Crippen LogP contribution in [0.5, 0.6) is 0 Å². The van der Waals surface area contributed by atoms with E-state index < -0.39 is 10.0 Å². The van der Waals surface area contributed by atoms with Gasteiger partial charge in [0.25, 0.3) is 0 Å². The number of hydrogen-bond donors (Lipinski definition) is 2. The first-order chi connectivity index (χ1) is 8.58. The summed E-state index contributed by atoms with van der Waals surface area (Å²) in [6.07, 6.45) is 2.07. The number of nitrogens with one attached hydrogen (secondary N) is 1. The fourth-order valence-corrected chi connectivity index (χ4v) is 2.61. The predicted molar refractivity (Wildman–Crippen MR) is 68.5 cm³/mol. The van der Waals surface area contributed by atoms with Crippen LogP contribution in [0.1, 0.15) is 5.76 Å². The first kappa shape index (κ1) is 12.7. The number of furan rings is 1. The zero-order chi connectivity index (χ0) is 13.0. The van der Waals surface area contributed by atoms with Gasteiger partial charge in [-0.1, -0.05) is 6.07 Å². The maximum atomic E-state index is 11.9. The lowest BCUT2D eigenvalue weighted by molar-refractivity contribution is 0.506. The van der Waals surface area contributed by atoms with E-state index in [0.29, 0.717) is 12.1 Å². The highest BCUT2D eigenvalue weighted by molar-refractivity contribution is 7.89. The molecule has 1 heterocycles. The molecule has 0 atom stereocenters. The van der Waals surface area contributed by atoms with Gasteiger partial charge in [0.1, 0.15) is 5.76 Å². The SMILES string of the molecule is Nc1cccc(S(=O)(=O)NCCc2ccco2)c1. The maximum Gasteiger partial charge on any atom is 0.240 e. The molecule has 0 saturated heterocycles. The van der Waals surface area contributed by atoms with Crippen LogP contribution in [-0.4, -0.2) is 15.0 Å². The normalized spacial score (nSPS) is 11.6. The van der Waals surface area contributed by atoms with Gasteiger partial charge in [0.05, 0.1) is 11.2 Å². The Morgan fingerprint density at radius 3 is 2.72 bits per heavy atom. The highest BCUT2D eigenvalue weighted by Gasteiger charge is 2.13. The zero-order valence-electron chi connectivity index (χ0n) is 9.67. The minimum absolute atomic E-state index is 0.168. The van der Waals surface area contributed by atoms with Gasteiger partial charge in [0.2, 0.25) is 10.0 Å². The van der Waals surface area contributed by atoms with Crippen molar-refractivity contribution in [2.75, 3.05) is 12.3 Å². The van der Waals surface area contributed by atoms with E-state index in [1.165, 1.54) is 12.1 Å². The Morgan fingerprint density at radius 2 is 2.06 bits per heavy atom. The Kier molecular flexibility index (Phi) is 3.69. The summed E-state index contributed by atoms with van der Waals surface area (Å²) in [4.78, 5) is 0.168. The van der Waals surface area contributed by atoms with Crippen LogP contribution in [0, 0.1) is 0 Å². The van der Waals surface area contributed by atoms with E-state index in [-0.39, 0.29) is 11.4 Å². The van der Waals surface area contributed by atoms with Crippen molar-refractivity contribution >= 4 is 15.7 Å². The van der Waals surface area contributed by atoms with Crippen LogP contribution in [0.4, 0.5) is 5.69 Å². The smallest absolute Gasteiger partial charge is 0.240 e. The van der Waals surface area contributed by atoms with Crippen LogP contribution in [0.3, 0.4) is 0 Å². The predicted octanol–water partition coefficient (Wildman–Crippen LogP) is 1.38. The fourth-order valence-electron chi connectivity index (χ4n) is 1.53. The largest absolute Gasteiger partial charge is 0.469 e.